The van der Waals surface area contributed by atoms with Crippen LogP contribution in [0.25, 0.3) is 5.69 Å². The molecular weight excluding hydrogens is 292 g/mol. The fourth-order valence-corrected chi connectivity index (χ4v) is 2.33. The summed E-state index contributed by atoms with van der Waals surface area (Å²) in [6.45, 7) is 2.45. The van der Waals surface area contributed by atoms with Crippen LogP contribution in [0.1, 0.15) is 11.1 Å². The second-order valence-corrected chi connectivity index (χ2v) is 5.24. The highest BCUT2D eigenvalue weighted by molar-refractivity contribution is 5.55. The van der Waals surface area contributed by atoms with E-state index in [0.29, 0.717) is 6.54 Å². The first kappa shape index (κ1) is 14.8. The summed E-state index contributed by atoms with van der Waals surface area (Å²) in [6.07, 6.45) is 3.77. The van der Waals surface area contributed by atoms with Crippen molar-refractivity contribution in [3.05, 3.63) is 82.2 Å². The minimum atomic E-state index is -0.388. The number of aromatic nitrogens is 2. The van der Waals surface area contributed by atoms with Crippen molar-refractivity contribution in [3.63, 3.8) is 0 Å². The van der Waals surface area contributed by atoms with Crippen LogP contribution in [0.2, 0.25) is 0 Å². The minimum absolute atomic E-state index is 0.102. The lowest BCUT2D eigenvalue weighted by Gasteiger charge is -2.08. The standard InChI is InChI=1S/C17H16N4O2/c1-13-9-16(21(22)23)7-8-17(13)18-10-14-11-19-20(12-14)15-5-3-2-4-6-15/h2-9,11-12,18H,10H2,1H3. The van der Waals surface area contributed by atoms with Gasteiger partial charge >= 0.3 is 0 Å². The average Bonchev–Trinajstić information content (AvgIpc) is 3.03. The van der Waals surface area contributed by atoms with Gasteiger partial charge in [0.2, 0.25) is 0 Å². The molecule has 23 heavy (non-hydrogen) atoms. The second-order valence-electron chi connectivity index (χ2n) is 5.24. The Hall–Kier alpha value is -3.15. The van der Waals surface area contributed by atoms with Crippen LogP contribution in [-0.4, -0.2) is 14.7 Å². The van der Waals surface area contributed by atoms with E-state index in [1.807, 2.05) is 48.1 Å². The summed E-state index contributed by atoms with van der Waals surface area (Å²) in [7, 11) is 0. The molecule has 6 nitrogen and oxygen atoms in total. The molecule has 0 spiro atoms. The predicted octanol–water partition coefficient (Wildman–Crippen LogP) is 3.70. The predicted molar refractivity (Wildman–Crippen MR) is 88.7 cm³/mol. The third-order valence-corrected chi connectivity index (χ3v) is 3.56. The Labute approximate surface area is 133 Å². The van der Waals surface area contributed by atoms with E-state index >= 15 is 0 Å². The topological polar surface area (TPSA) is 73.0 Å². The van der Waals surface area contributed by atoms with Gasteiger partial charge in [0.05, 0.1) is 16.8 Å². The number of para-hydroxylation sites is 1. The quantitative estimate of drug-likeness (QED) is 0.576. The molecule has 0 saturated carbocycles. The molecule has 0 aliphatic rings. The van der Waals surface area contributed by atoms with Gasteiger partial charge in [0, 0.05) is 36.1 Å². The highest BCUT2D eigenvalue weighted by Gasteiger charge is 2.08. The number of aryl methyl sites for hydroxylation is 1. The van der Waals surface area contributed by atoms with Crippen LogP contribution in [0.4, 0.5) is 11.4 Å². The Morgan fingerprint density at radius 3 is 2.70 bits per heavy atom. The van der Waals surface area contributed by atoms with Crippen molar-refractivity contribution in [2.24, 2.45) is 0 Å². The molecule has 0 aliphatic heterocycles. The number of anilines is 1. The van der Waals surface area contributed by atoms with Crippen molar-refractivity contribution in [2.75, 3.05) is 5.32 Å². The van der Waals surface area contributed by atoms with E-state index in [9.17, 15) is 10.1 Å². The SMILES string of the molecule is Cc1cc([N+](=O)[O-])ccc1NCc1cnn(-c2ccccc2)c1. The molecular formula is C17H16N4O2. The van der Waals surface area contributed by atoms with Gasteiger partial charge in [-0.2, -0.15) is 5.10 Å². The van der Waals surface area contributed by atoms with Gasteiger partial charge in [-0.15, -0.1) is 0 Å². The van der Waals surface area contributed by atoms with Crippen LogP contribution in [0.5, 0.6) is 0 Å². The summed E-state index contributed by atoms with van der Waals surface area (Å²) in [5.74, 6) is 0. The Morgan fingerprint density at radius 1 is 1.22 bits per heavy atom. The molecule has 1 heterocycles. The molecule has 0 radical (unpaired) electrons. The first-order valence-electron chi connectivity index (χ1n) is 7.21. The zero-order chi connectivity index (χ0) is 16.2. The number of nitrogens with one attached hydrogen (secondary N) is 1. The van der Waals surface area contributed by atoms with Gasteiger partial charge in [-0.1, -0.05) is 18.2 Å². The molecule has 1 aromatic heterocycles. The highest BCUT2D eigenvalue weighted by atomic mass is 16.6. The van der Waals surface area contributed by atoms with E-state index in [1.54, 1.807) is 18.3 Å². The maximum atomic E-state index is 10.8. The van der Waals surface area contributed by atoms with Crippen molar-refractivity contribution in [2.45, 2.75) is 13.5 Å². The number of nitrogens with zero attached hydrogens (tertiary/aromatic N) is 3. The molecule has 0 fully saturated rings. The third kappa shape index (κ3) is 3.37. The molecule has 3 rings (SSSR count). The number of hydrogen-bond acceptors (Lipinski definition) is 4. The average molecular weight is 308 g/mol. The van der Waals surface area contributed by atoms with E-state index in [4.69, 9.17) is 0 Å². The van der Waals surface area contributed by atoms with Crippen LogP contribution in [0.3, 0.4) is 0 Å². The van der Waals surface area contributed by atoms with Gasteiger partial charge < -0.3 is 5.32 Å². The molecule has 0 saturated heterocycles. The fraction of sp³-hybridized carbons (Fsp3) is 0.118. The first-order chi connectivity index (χ1) is 11.1. The number of benzene rings is 2. The number of nitro benzene ring substituents is 1. The Kier molecular flexibility index (Phi) is 4.05. The van der Waals surface area contributed by atoms with Crippen LogP contribution < -0.4 is 5.32 Å². The number of rotatable bonds is 5. The number of nitro groups is 1. The van der Waals surface area contributed by atoms with Crippen molar-refractivity contribution >= 4 is 11.4 Å². The lowest BCUT2D eigenvalue weighted by Crippen LogP contribution is -2.01. The molecule has 1 N–H and O–H groups in total. The molecule has 0 unspecified atom stereocenters. The van der Waals surface area contributed by atoms with Crippen molar-refractivity contribution in [1.82, 2.24) is 9.78 Å². The monoisotopic (exact) mass is 308 g/mol. The van der Waals surface area contributed by atoms with E-state index in [0.717, 1.165) is 22.5 Å². The lowest BCUT2D eigenvalue weighted by atomic mass is 10.1. The second kappa shape index (κ2) is 6.31. The first-order valence-corrected chi connectivity index (χ1v) is 7.21. The fourth-order valence-electron chi connectivity index (χ4n) is 2.33. The largest absolute Gasteiger partial charge is 0.381 e. The zero-order valence-corrected chi connectivity index (χ0v) is 12.6. The van der Waals surface area contributed by atoms with E-state index < -0.39 is 0 Å². The number of non-ortho nitro benzene ring substituents is 1. The summed E-state index contributed by atoms with van der Waals surface area (Å²) in [4.78, 5) is 10.4. The van der Waals surface area contributed by atoms with Crippen molar-refractivity contribution in [3.8, 4) is 5.69 Å². The van der Waals surface area contributed by atoms with Crippen LogP contribution in [0.15, 0.2) is 60.9 Å². The lowest BCUT2D eigenvalue weighted by molar-refractivity contribution is -0.384. The molecule has 0 aliphatic carbocycles. The molecule has 2 aromatic carbocycles. The zero-order valence-electron chi connectivity index (χ0n) is 12.6. The molecule has 0 bridgehead atoms. The molecule has 0 amide bonds. The van der Waals surface area contributed by atoms with Gasteiger partial charge in [0.25, 0.3) is 5.69 Å². The summed E-state index contributed by atoms with van der Waals surface area (Å²) in [6, 6.07) is 14.7. The summed E-state index contributed by atoms with van der Waals surface area (Å²) >= 11 is 0. The van der Waals surface area contributed by atoms with Gasteiger partial charge in [-0.3, -0.25) is 10.1 Å². The smallest absolute Gasteiger partial charge is 0.269 e. The minimum Gasteiger partial charge on any atom is -0.381 e. The highest BCUT2D eigenvalue weighted by Crippen LogP contribution is 2.21. The molecule has 0 atom stereocenters. The maximum Gasteiger partial charge on any atom is 0.269 e. The van der Waals surface area contributed by atoms with Crippen molar-refractivity contribution < 1.29 is 4.92 Å². The molecule has 3 aromatic rings. The Balaban J connectivity index is 1.70. The maximum absolute atomic E-state index is 10.8. The van der Waals surface area contributed by atoms with Crippen LogP contribution >= 0.6 is 0 Å². The van der Waals surface area contributed by atoms with Gasteiger partial charge in [-0.25, -0.2) is 4.68 Å². The molecule has 116 valence electrons. The van der Waals surface area contributed by atoms with E-state index in [2.05, 4.69) is 10.4 Å². The normalized spacial score (nSPS) is 10.5. The summed E-state index contributed by atoms with van der Waals surface area (Å²) in [5.41, 5.74) is 3.86. The van der Waals surface area contributed by atoms with Gasteiger partial charge in [0.15, 0.2) is 0 Å². The van der Waals surface area contributed by atoms with E-state index in [1.165, 1.54) is 6.07 Å². The van der Waals surface area contributed by atoms with E-state index in [-0.39, 0.29) is 10.6 Å². The Morgan fingerprint density at radius 2 is 2.00 bits per heavy atom. The van der Waals surface area contributed by atoms with Crippen LogP contribution in [-0.2, 0) is 6.54 Å². The van der Waals surface area contributed by atoms with Crippen LogP contribution in [0, 0.1) is 17.0 Å². The molecule has 6 heteroatoms. The van der Waals surface area contributed by atoms with Crippen molar-refractivity contribution in [1.29, 1.82) is 0 Å². The summed E-state index contributed by atoms with van der Waals surface area (Å²) < 4.78 is 1.82. The number of hydrogen-bond donors (Lipinski definition) is 1. The van der Waals surface area contributed by atoms with Gasteiger partial charge in [-0.05, 0) is 30.7 Å². The van der Waals surface area contributed by atoms with Gasteiger partial charge in [0.1, 0.15) is 0 Å². The summed E-state index contributed by atoms with van der Waals surface area (Å²) in [5, 5.41) is 18.4. The Bertz CT molecular complexity index is 828. The third-order valence-electron chi connectivity index (χ3n) is 3.56.